The second kappa shape index (κ2) is 9.66. The number of halogens is 1. The topological polar surface area (TPSA) is 88.7 Å². The van der Waals surface area contributed by atoms with Gasteiger partial charge in [-0.25, -0.2) is 9.38 Å². The zero-order valence-corrected chi connectivity index (χ0v) is 17.0. The second-order valence-electron chi connectivity index (χ2n) is 6.65. The molecular formula is C22H22FN7O. The summed E-state index contributed by atoms with van der Waals surface area (Å²) in [5.41, 5.74) is 1.51. The van der Waals surface area contributed by atoms with Crippen LogP contribution in [-0.2, 0) is 13.1 Å². The van der Waals surface area contributed by atoms with Crippen LogP contribution in [0.4, 0.5) is 4.39 Å². The Labute approximate surface area is 178 Å². The van der Waals surface area contributed by atoms with Gasteiger partial charge in [0, 0.05) is 18.9 Å². The predicted molar refractivity (Wildman–Crippen MR) is 115 cm³/mol. The number of nitrogens with zero attached hydrogens (tertiary/aromatic N) is 5. The van der Waals surface area contributed by atoms with E-state index in [1.54, 1.807) is 30.5 Å². The van der Waals surface area contributed by atoms with E-state index in [0.29, 0.717) is 31.3 Å². The first-order valence-corrected chi connectivity index (χ1v) is 9.90. The molecule has 0 fully saturated rings. The molecule has 1 aromatic carbocycles. The minimum absolute atomic E-state index is 0.143. The third kappa shape index (κ3) is 5.13. The first-order valence-electron chi connectivity index (χ1n) is 9.90. The molecule has 0 aliphatic rings. The fourth-order valence-electron chi connectivity index (χ4n) is 2.95. The number of rotatable bonds is 7. The summed E-state index contributed by atoms with van der Waals surface area (Å²) in [6, 6.07) is 14.0. The molecule has 3 aromatic heterocycles. The summed E-state index contributed by atoms with van der Waals surface area (Å²) in [5, 5.41) is 14.8. The van der Waals surface area contributed by atoms with Crippen molar-refractivity contribution in [3.05, 3.63) is 84.3 Å². The number of ether oxygens (including phenoxy) is 1. The fourth-order valence-corrected chi connectivity index (χ4v) is 2.95. The van der Waals surface area contributed by atoms with Gasteiger partial charge in [-0.3, -0.25) is 9.38 Å². The van der Waals surface area contributed by atoms with E-state index in [4.69, 9.17) is 4.74 Å². The van der Waals surface area contributed by atoms with Gasteiger partial charge in [-0.2, -0.15) is 0 Å². The normalized spacial score (nSPS) is 11.5. The Morgan fingerprint density at radius 2 is 2.06 bits per heavy atom. The van der Waals surface area contributed by atoms with Gasteiger partial charge < -0.3 is 15.4 Å². The second-order valence-corrected chi connectivity index (χ2v) is 6.65. The molecule has 31 heavy (non-hydrogen) atoms. The average molecular weight is 419 g/mol. The van der Waals surface area contributed by atoms with Gasteiger partial charge >= 0.3 is 0 Å². The Morgan fingerprint density at radius 3 is 2.87 bits per heavy atom. The summed E-state index contributed by atoms with van der Waals surface area (Å²) < 4.78 is 21.9. The number of nitrogens with one attached hydrogen (secondary N) is 2. The lowest BCUT2D eigenvalue weighted by molar-refractivity contribution is 0.440. The molecule has 4 aromatic rings. The van der Waals surface area contributed by atoms with E-state index in [1.807, 2.05) is 35.7 Å². The first-order chi connectivity index (χ1) is 15.2. The molecule has 0 unspecified atom stereocenters. The van der Waals surface area contributed by atoms with Gasteiger partial charge in [-0.1, -0.05) is 12.1 Å². The molecule has 4 rings (SSSR count). The number of benzene rings is 1. The van der Waals surface area contributed by atoms with Crippen LogP contribution in [0.2, 0.25) is 0 Å². The van der Waals surface area contributed by atoms with E-state index in [2.05, 4.69) is 30.8 Å². The van der Waals surface area contributed by atoms with Crippen LogP contribution in [0.3, 0.4) is 0 Å². The largest absolute Gasteiger partial charge is 0.453 e. The summed E-state index contributed by atoms with van der Waals surface area (Å²) in [6.45, 7) is 3.43. The molecule has 0 spiro atoms. The number of aliphatic imine (C=N–C) groups is 1. The van der Waals surface area contributed by atoms with Crippen LogP contribution in [-0.4, -0.2) is 32.1 Å². The van der Waals surface area contributed by atoms with Gasteiger partial charge in [-0.05, 0) is 48.9 Å². The van der Waals surface area contributed by atoms with E-state index in [0.717, 1.165) is 17.0 Å². The zero-order valence-electron chi connectivity index (χ0n) is 17.0. The van der Waals surface area contributed by atoms with Crippen LogP contribution in [0.1, 0.15) is 18.3 Å². The van der Waals surface area contributed by atoms with Crippen molar-refractivity contribution in [2.45, 2.75) is 20.0 Å². The molecule has 0 radical (unpaired) electrons. The molecule has 158 valence electrons. The maximum absolute atomic E-state index is 14.4. The lowest BCUT2D eigenvalue weighted by atomic mass is 10.2. The molecule has 0 amide bonds. The summed E-state index contributed by atoms with van der Waals surface area (Å²) in [4.78, 5) is 8.50. The van der Waals surface area contributed by atoms with Crippen LogP contribution in [0.5, 0.6) is 11.5 Å². The smallest absolute Gasteiger partial charge is 0.191 e. The lowest BCUT2D eigenvalue weighted by Crippen LogP contribution is -2.37. The van der Waals surface area contributed by atoms with Crippen molar-refractivity contribution < 1.29 is 9.13 Å². The first kappa shape index (κ1) is 20.3. The van der Waals surface area contributed by atoms with Gasteiger partial charge in [0.15, 0.2) is 29.0 Å². The number of hydrogen-bond donors (Lipinski definition) is 2. The molecule has 0 atom stereocenters. The Bertz CT molecular complexity index is 1180. The third-order valence-corrected chi connectivity index (χ3v) is 4.42. The van der Waals surface area contributed by atoms with Gasteiger partial charge in [0.1, 0.15) is 5.75 Å². The van der Waals surface area contributed by atoms with E-state index in [-0.39, 0.29) is 5.75 Å². The minimum Gasteiger partial charge on any atom is -0.453 e. The minimum atomic E-state index is -0.454. The summed E-state index contributed by atoms with van der Waals surface area (Å²) in [6.07, 6.45) is 5.07. The molecule has 8 nitrogen and oxygen atoms in total. The Kier molecular flexibility index (Phi) is 6.32. The Hall–Kier alpha value is -4.01. The third-order valence-electron chi connectivity index (χ3n) is 4.42. The van der Waals surface area contributed by atoms with Crippen LogP contribution in [0.25, 0.3) is 5.65 Å². The van der Waals surface area contributed by atoms with E-state index < -0.39 is 5.82 Å². The summed E-state index contributed by atoms with van der Waals surface area (Å²) >= 11 is 0. The van der Waals surface area contributed by atoms with Gasteiger partial charge in [-0.15, -0.1) is 10.2 Å². The van der Waals surface area contributed by atoms with Gasteiger partial charge in [0.05, 0.1) is 19.3 Å². The van der Waals surface area contributed by atoms with E-state index in [1.165, 1.54) is 12.3 Å². The van der Waals surface area contributed by atoms with Gasteiger partial charge in [0.25, 0.3) is 0 Å². The van der Waals surface area contributed by atoms with Crippen molar-refractivity contribution in [1.82, 2.24) is 30.2 Å². The highest BCUT2D eigenvalue weighted by Crippen LogP contribution is 2.24. The van der Waals surface area contributed by atoms with E-state index >= 15 is 0 Å². The highest BCUT2D eigenvalue weighted by atomic mass is 19.1. The maximum atomic E-state index is 14.4. The lowest BCUT2D eigenvalue weighted by Gasteiger charge is -2.11. The van der Waals surface area contributed by atoms with Crippen molar-refractivity contribution >= 4 is 11.6 Å². The summed E-state index contributed by atoms with van der Waals surface area (Å²) in [5.74, 6) is 1.54. The quantitative estimate of drug-likeness (QED) is 0.353. The van der Waals surface area contributed by atoms with Crippen molar-refractivity contribution in [3.63, 3.8) is 0 Å². The number of fused-ring (bicyclic) bond motifs is 1. The van der Waals surface area contributed by atoms with Crippen LogP contribution in [0.15, 0.2) is 72.1 Å². The van der Waals surface area contributed by atoms with Crippen LogP contribution >= 0.6 is 0 Å². The predicted octanol–water partition coefficient (Wildman–Crippen LogP) is 3.31. The molecule has 0 aliphatic heterocycles. The van der Waals surface area contributed by atoms with Crippen molar-refractivity contribution in [2.24, 2.45) is 4.99 Å². The Morgan fingerprint density at radius 1 is 1.13 bits per heavy atom. The van der Waals surface area contributed by atoms with E-state index in [9.17, 15) is 4.39 Å². The van der Waals surface area contributed by atoms with Gasteiger partial charge in [0.2, 0.25) is 0 Å². The van der Waals surface area contributed by atoms with Crippen LogP contribution in [0, 0.1) is 5.82 Å². The highest BCUT2D eigenvalue weighted by Gasteiger charge is 2.08. The fraction of sp³-hybridized carbons (Fsp3) is 0.182. The number of aromatic nitrogens is 4. The molecule has 2 N–H and O–H groups in total. The SMILES string of the molecule is CCNC(=NCc1ccc(Oc2cccnc2)c(F)c1)NCc1nnc2ccccn12. The number of guanidine groups is 1. The zero-order chi connectivity index (χ0) is 21.5. The highest BCUT2D eigenvalue weighted by molar-refractivity contribution is 5.79. The Balaban J connectivity index is 1.41. The molecule has 0 saturated heterocycles. The summed E-state index contributed by atoms with van der Waals surface area (Å²) in [7, 11) is 0. The van der Waals surface area contributed by atoms with Crippen molar-refractivity contribution in [2.75, 3.05) is 6.54 Å². The molecular weight excluding hydrogens is 397 g/mol. The van der Waals surface area contributed by atoms with Crippen molar-refractivity contribution in [3.8, 4) is 11.5 Å². The molecule has 9 heteroatoms. The molecule has 0 saturated carbocycles. The standard InChI is InChI=1S/C22H22FN7O/c1-2-25-22(27-15-21-29-28-20-7-3-4-11-30(20)21)26-13-16-8-9-19(18(23)12-16)31-17-6-5-10-24-14-17/h3-12,14H,2,13,15H2,1H3,(H2,25,26,27). The number of pyridine rings is 2. The molecule has 0 aliphatic carbocycles. The average Bonchev–Trinajstić information content (AvgIpc) is 3.21. The molecule has 3 heterocycles. The van der Waals surface area contributed by atoms with Crippen molar-refractivity contribution in [1.29, 1.82) is 0 Å². The maximum Gasteiger partial charge on any atom is 0.191 e. The van der Waals surface area contributed by atoms with Crippen LogP contribution < -0.4 is 15.4 Å². The monoisotopic (exact) mass is 419 g/mol. The number of hydrogen-bond acceptors (Lipinski definition) is 5. The molecule has 0 bridgehead atoms.